The Labute approximate surface area is 272 Å². The van der Waals surface area contributed by atoms with Crippen LogP contribution in [0.3, 0.4) is 0 Å². The van der Waals surface area contributed by atoms with Crippen LogP contribution in [0, 0.1) is 0 Å². The quantitative estimate of drug-likeness (QED) is 0.199. The lowest BCUT2D eigenvalue weighted by molar-refractivity contribution is 0.477. The van der Waals surface area contributed by atoms with Gasteiger partial charge in [-0.15, -0.1) is 0 Å². The van der Waals surface area contributed by atoms with Gasteiger partial charge in [0.1, 0.15) is 30.5 Å². The second-order valence-electron chi connectivity index (χ2n) is 11.7. The molecule has 2 radical (unpaired) electrons. The van der Waals surface area contributed by atoms with E-state index in [2.05, 4.69) is 71.3 Å². The van der Waals surface area contributed by atoms with E-state index in [1.807, 2.05) is 78.9 Å². The molecule has 220 valence electrons. The van der Waals surface area contributed by atoms with Gasteiger partial charge in [-0.25, -0.2) is 0 Å². The summed E-state index contributed by atoms with van der Waals surface area (Å²) < 4.78 is 15.2. The number of furan rings is 1. The minimum Gasteiger partial charge on any atom is -0.507 e. The number of phenols is 1. The summed E-state index contributed by atoms with van der Waals surface area (Å²) in [7, 11) is 6.85. The molecule has 9 aromatic rings. The molecule has 0 amide bonds. The van der Waals surface area contributed by atoms with Gasteiger partial charge in [0, 0.05) is 32.7 Å². The Morgan fingerprint density at radius 3 is 1.96 bits per heavy atom. The molecule has 2 aromatic heterocycles. The highest BCUT2D eigenvalue weighted by molar-refractivity contribution is 6.38. The molecular formula is C42H26BNO3. The standard InChI is InChI=1S/C42H26BNO3/c43-41-31(33-25-26(23-24-37(33)45)27-14-9-16-32-30-13-3-7-20-38(30)47-42(27)32)15-10-22-40(41)46-39-21-8-6-19-36(39)44-34-17-4-1-11-28(34)29-12-2-5-18-35(29)44/h1-25,45H. The SMILES string of the molecule is [B]c1c(Oc2ccccc2-n2c3ccccc3c3ccccc32)cccc1-c1cc(-c2cccc3c2oc2ccccc23)ccc1O. The van der Waals surface area contributed by atoms with Gasteiger partial charge < -0.3 is 18.8 Å². The summed E-state index contributed by atoms with van der Waals surface area (Å²) in [4.78, 5) is 0. The van der Waals surface area contributed by atoms with Crippen molar-refractivity contribution in [2.45, 2.75) is 0 Å². The number of phenolic OH excluding ortho intramolecular Hbond substituents is 1. The number of aromatic nitrogens is 1. The summed E-state index contributed by atoms with van der Waals surface area (Å²) in [5, 5.41) is 15.6. The maximum absolute atomic E-state index is 11.1. The third-order valence-electron chi connectivity index (χ3n) is 8.97. The van der Waals surface area contributed by atoms with Crippen molar-refractivity contribution in [2.75, 3.05) is 0 Å². The maximum Gasteiger partial charge on any atom is 0.151 e. The molecule has 0 saturated carbocycles. The van der Waals surface area contributed by atoms with E-state index in [0.717, 1.165) is 49.8 Å². The smallest absolute Gasteiger partial charge is 0.151 e. The van der Waals surface area contributed by atoms with Crippen molar-refractivity contribution in [1.82, 2.24) is 4.57 Å². The van der Waals surface area contributed by atoms with Crippen molar-refractivity contribution in [2.24, 2.45) is 0 Å². The lowest BCUT2D eigenvalue weighted by Crippen LogP contribution is -2.11. The molecule has 0 saturated heterocycles. The van der Waals surface area contributed by atoms with Gasteiger partial charge in [0.25, 0.3) is 0 Å². The van der Waals surface area contributed by atoms with Crippen LogP contribution in [0.15, 0.2) is 156 Å². The summed E-state index contributed by atoms with van der Waals surface area (Å²) in [5.41, 5.74) is 8.28. The van der Waals surface area contributed by atoms with E-state index in [1.54, 1.807) is 6.07 Å². The molecule has 47 heavy (non-hydrogen) atoms. The third-order valence-corrected chi connectivity index (χ3v) is 8.97. The van der Waals surface area contributed by atoms with Crippen LogP contribution in [0.5, 0.6) is 17.2 Å². The van der Waals surface area contributed by atoms with Gasteiger partial charge >= 0.3 is 0 Å². The predicted octanol–water partition coefficient (Wildman–Crippen LogP) is 10.3. The van der Waals surface area contributed by atoms with Crippen LogP contribution in [0.1, 0.15) is 0 Å². The van der Waals surface area contributed by atoms with Gasteiger partial charge in [0.2, 0.25) is 0 Å². The highest BCUT2D eigenvalue weighted by Crippen LogP contribution is 2.40. The summed E-state index contributed by atoms with van der Waals surface area (Å²) in [6, 6.07) is 50.2. The van der Waals surface area contributed by atoms with Crippen molar-refractivity contribution in [3.8, 4) is 45.2 Å². The van der Waals surface area contributed by atoms with Crippen molar-refractivity contribution < 1.29 is 14.3 Å². The van der Waals surface area contributed by atoms with E-state index in [9.17, 15) is 5.11 Å². The van der Waals surface area contributed by atoms with E-state index >= 15 is 0 Å². The summed E-state index contributed by atoms with van der Waals surface area (Å²) in [5.74, 6) is 1.29. The number of nitrogens with zero attached hydrogens (tertiary/aromatic N) is 1. The Kier molecular flexibility index (Phi) is 6.19. The maximum atomic E-state index is 11.1. The zero-order valence-electron chi connectivity index (χ0n) is 25.2. The summed E-state index contributed by atoms with van der Waals surface area (Å²) >= 11 is 0. The van der Waals surface area contributed by atoms with Gasteiger partial charge in [-0.2, -0.15) is 0 Å². The molecule has 9 rings (SSSR count). The third kappa shape index (κ3) is 4.32. The molecule has 0 aliphatic heterocycles. The fraction of sp³-hybridized carbons (Fsp3) is 0. The van der Waals surface area contributed by atoms with Gasteiger partial charge in [0.15, 0.2) is 5.75 Å². The molecule has 0 aliphatic rings. The van der Waals surface area contributed by atoms with Gasteiger partial charge in [0.05, 0.1) is 16.7 Å². The van der Waals surface area contributed by atoms with Crippen LogP contribution >= 0.6 is 0 Å². The number of aromatic hydroxyl groups is 1. The Bertz CT molecular complexity index is 2600. The van der Waals surface area contributed by atoms with Gasteiger partial charge in [-0.3, -0.25) is 0 Å². The molecule has 0 unspecified atom stereocenters. The van der Waals surface area contributed by atoms with E-state index in [0.29, 0.717) is 28.1 Å². The Balaban J connectivity index is 1.15. The molecule has 0 spiro atoms. The summed E-state index contributed by atoms with van der Waals surface area (Å²) in [6.07, 6.45) is 0. The van der Waals surface area contributed by atoms with Gasteiger partial charge in [-0.05, 0) is 65.1 Å². The van der Waals surface area contributed by atoms with Crippen LogP contribution in [-0.4, -0.2) is 17.5 Å². The molecule has 0 bridgehead atoms. The molecule has 0 fully saturated rings. The van der Waals surface area contributed by atoms with E-state index in [-0.39, 0.29) is 5.75 Å². The largest absolute Gasteiger partial charge is 0.507 e. The average molecular weight is 603 g/mol. The predicted molar refractivity (Wildman–Crippen MR) is 192 cm³/mol. The molecule has 2 heterocycles. The van der Waals surface area contributed by atoms with Gasteiger partial charge in [-0.1, -0.05) is 103 Å². The van der Waals surface area contributed by atoms with Crippen LogP contribution in [-0.2, 0) is 0 Å². The van der Waals surface area contributed by atoms with Crippen molar-refractivity contribution in [3.63, 3.8) is 0 Å². The second kappa shape index (κ2) is 10.7. The lowest BCUT2D eigenvalue weighted by atomic mass is 9.85. The van der Waals surface area contributed by atoms with Crippen molar-refractivity contribution >= 4 is 57.1 Å². The monoisotopic (exact) mass is 603 g/mol. The Morgan fingerprint density at radius 2 is 1.15 bits per heavy atom. The minimum absolute atomic E-state index is 0.125. The number of ether oxygens (including phenoxy) is 1. The Morgan fingerprint density at radius 1 is 0.532 bits per heavy atom. The van der Waals surface area contributed by atoms with E-state index < -0.39 is 0 Å². The fourth-order valence-corrected chi connectivity index (χ4v) is 6.79. The molecule has 5 heteroatoms. The van der Waals surface area contributed by atoms with E-state index in [1.165, 1.54) is 10.8 Å². The zero-order valence-corrected chi connectivity index (χ0v) is 25.2. The van der Waals surface area contributed by atoms with Crippen LogP contribution in [0.25, 0.3) is 71.7 Å². The first-order valence-electron chi connectivity index (χ1n) is 15.5. The average Bonchev–Trinajstić information content (AvgIpc) is 3.66. The first kappa shape index (κ1) is 27.1. The summed E-state index contributed by atoms with van der Waals surface area (Å²) in [6.45, 7) is 0. The molecule has 4 nitrogen and oxygen atoms in total. The highest BCUT2D eigenvalue weighted by Gasteiger charge is 2.18. The lowest BCUT2D eigenvalue weighted by Gasteiger charge is -2.18. The zero-order chi connectivity index (χ0) is 31.5. The van der Waals surface area contributed by atoms with Crippen LogP contribution < -0.4 is 10.2 Å². The normalized spacial score (nSPS) is 11.6. The molecule has 0 aliphatic carbocycles. The number of benzene rings is 7. The second-order valence-corrected chi connectivity index (χ2v) is 11.7. The molecule has 7 aromatic carbocycles. The van der Waals surface area contributed by atoms with Crippen molar-refractivity contribution in [1.29, 1.82) is 0 Å². The number of fused-ring (bicyclic) bond motifs is 6. The Hall–Kier alpha value is -6.20. The fourth-order valence-electron chi connectivity index (χ4n) is 6.79. The van der Waals surface area contributed by atoms with Crippen LogP contribution in [0.2, 0.25) is 0 Å². The number of para-hydroxylation sites is 6. The molecule has 0 atom stereocenters. The first-order valence-corrected chi connectivity index (χ1v) is 15.5. The number of hydrogen-bond donors (Lipinski definition) is 1. The molecular weight excluding hydrogens is 577 g/mol. The van der Waals surface area contributed by atoms with Crippen molar-refractivity contribution in [3.05, 3.63) is 152 Å². The number of rotatable bonds is 5. The van der Waals surface area contributed by atoms with E-state index in [4.69, 9.17) is 17.0 Å². The molecule has 1 N–H and O–H groups in total. The number of hydrogen-bond acceptors (Lipinski definition) is 3. The van der Waals surface area contributed by atoms with Crippen LogP contribution in [0.4, 0.5) is 0 Å². The topological polar surface area (TPSA) is 47.5 Å². The first-order chi connectivity index (χ1) is 23.2. The minimum atomic E-state index is 0.125. The highest BCUT2D eigenvalue weighted by atomic mass is 16.5.